The molecule has 0 aliphatic carbocycles. The van der Waals surface area contributed by atoms with E-state index in [-0.39, 0.29) is 16.7 Å². The summed E-state index contributed by atoms with van der Waals surface area (Å²) in [6.45, 7) is 1.23. The third kappa shape index (κ3) is 2.90. The molecule has 0 saturated carbocycles. The van der Waals surface area contributed by atoms with Crippen LogP contribution in [-0.2, 0) is 4.74 Å². The molecule has 1 fully saturated rings. The van der Waals surface area contributed by atoms with Gasteiger partial charge < -0.3 is 14.6 Å². The standard InChI is InChI=1S/C12H13ClO4/c13-9-4-1-5-10(11(9)12(14)15)17-8-3-2-6-16-7-8/h1,4-5,8H,2-3,6-7H2,(H,14,15). The lowest BCUT2D eigenvalue weighted by Gasteiger charge is -2.24. The van der Waals surface area contributed by atoms with Gasteiger partial charge in [0.15, 0.2) is 0 Å². The molecule has 1 saturated heterocycles. The van der Waals surface area contributed by atoms with Crippen LogP contribution in [0.15, 0.2) is 18.2 Å². The van der Waals surface area contributed by atoms with Crippen molar-refractivity contribution in [2.24, 2.45) is 0 Å². The third-order valence-electron chi connectivity index (χ3n) is 2.60. The summed E-state index contributed by atoms with van der Waals surface area (Å²) in [5, 5.41) is 9.27. The maximum Gasteiger partial charge on any atom is 0.341 e. The Balaban J connectivity index is 2.19. The normalized spacial score (nSPS) is 19.9. The van der Waals surface area contributed by atoms with Gasteiger partial charge in [-0.2, -0.15) is 0 Å². The summed E-state index contributed by atoms with van der Waals surface area (Å²) in [7, 11) is 0. The average molecular weight is 257 g/mol. The van der Waals surface area contributed by atoms with Gasteiger partial charge in [-0.05, 0) is 25.0 Å². The highest BCUT2D eigenvalue weighted by atomic mass is 35.5. The van der Waals surface area contributed by atoms with Crippen molar-refractivity contribution < 1.29 is 19.4 Å². The van der Waals surface area contributed by atoms with Crippen LogP contribution in [0.5, 0.6) is 5.75 Å². The maximum atomic E-state index is 11.1. The highest BCUT2D eigenvalue weighted by Gasteiger charge is 2.20. The van der Waals surface area contributed by atoms with Gasteiger partial charge in [-0.15, -0.1) is 0 Å². The monoisotopic (exact) mass is 256 g/mol. The summed E-state index contributed by atoms with van der Waals surface area (Å²) >= 11 is 5.85. The number of carbonyl (C=O) groups is 1. The number of carboxylic acids is 1. The Morgan fingerprint density at radius 2 is 2.35 bits per heavy atom. The highest BCUT2D eigenvalue weighted by Crippen LogP contribution is 2.28. The second kappa shape index (κ2) is 5.38. The summed E-state index contributed by atoms with van der Waals surface area (Å²) in [5.41, 5.74) is 0.0136. The first-order valence-electron chi connectivity index (χ1n) is 5.44. The van der Waals surface area contributed by atoms with Crippen LogP contribution in [0.3, 0.4) is 0 Å². The van der Waals surface area contributed by atoms with Gasteiger partial charge in [0.1, 0.15) is 17.4 Å². The van der Waals surface area contributed by atoms with E-state index < -0.39 is 5.97 Å². The van der Waals surface area contributed by atoms with Gasteiger partial charge in [-0.25, -0.2) is 4.79 Å². The zero-order chi connectivity index (χ0) is 12.3. The first kappa shape index (κ1) is 12.2. The van der Waals surface area contributed by atoms with Crippen molar-refractivity contribution in [2.75, 3.05) is 13.2 Å². The van der Waals surface area contributed by atoms with Gasteiger partial charge in [0.05, 0.1) is 11.6 Å². The summed E-state index contributed by atoms with van der Waals surface area (Å²) < 4.78 is 10.9. The Kier molecular flexibility index (Phi) is 3.86. The molecule has 0 spiro atoms. The second-order valence-corrected chi connectivity index (χ2v) is 4.28. The lowest BCUT2D eigenvalue weighted by atomic mass is 10.1. The van der Waals surface area contributed by atoms with Gasteiger partial charge in [0, 0.05) is 6.61 Å². The Morgan fingerprint density at radius 3 is 3.00 bits per heavy atom. The Morgan fingerprint density at radius 1 is 1.53 bits per heavy atom. The summed E-state index contributed by atoms with van der Waals surface area (Å²) in [6, 6.07) is 4.83. The van der Waals surface area contributed by atoms with E-state index in [1.807, 2.05) is 0 Å². The molecule has 1 aliphatic heterocycles. The van der Waals surface area contributed by atoms with Crippen LogP contribution < -0.4 is 4.74 Å². The number of aromatic carboxylic acids is 1. The fourth-order valence-electron chi connectivity index (χ4n) is 1.79. The molecule has 1 unspecified atom stereocenters. The van der Waals surface area contributed by atoms with Crippen LogP contribution in [-0.4, -0.2) is 30.4 Å². The molecular formula is C12H13ClO4. The van der Waals surface area contributed by atoms with E-state index in [1.165, 1.54) is 6.07 Å². The van der Waals surface area contributed by atoms with Gasteiger partial charge in [0.2, 0.25) is 0 Å². The molecule has 5 heteroatoms. The number of hydrogen-bond donors (Lipinski definition) is 1. The Labute approximate surface area is 104 Å². The molecule has 4 nitrogen and oxygen atoms in total. The van der Waals surface area contributed by atoms with Gasteiger partial charge in [-0.1, -0.05) is 17.7 Å². The van der Waals surface area contributed by atoms with Crippen LogP contribution in [0, 0.1) is 0 Å². The van der Waals surface area contributed by atoms with E-state index in [0.29, 0.717) is 12.4 Å². The van der Waals surface area contributed by atoms with Gasteiger partial charge >= 0.3 is 5.97 Å². The molecule has 1 aliphatic rings. The Hall–Kier alpha value is -1.26. The van der Waals surface area contributed by atoms with E-state index in [1.54, 1.807) is 12.1 Å². The lowest BCUT2D eigenvalue weighted by molar-refractivity contribution is 0.00679. The predicted octanol–water partition coefficient (Wildman–Crippen LogP) is 2.60. The van der Waals surface area contributed by atoms with Crippen molar-refractivity contribution in [3.63, 3.8) is 0 Å². The number of carboxylic acid groups (broad SMARTS) is 1. The molecule has 1 atom stereocenters. The zero-order valence-corrected chi connectivity index (χ0v) is 9.94. The first-order valence-corrected chi connectivity index (χ1v) is 5.82. The van der Waals surface area contributed by atoms with E-state index in [4.69, 9.17) is 26.2 Å². The molecule has 0 bridgehead atoms. The second-order valence-electron chi connectivity index (χ2n) is 3.88. The van der Waals surface area contributed by atoms with Crippen LogP contribution >= 0.6 is 11.6 Å². The molecule has 1 N–H and O–H groups in total. The lowest BCUT2D eigenvalue weighted by Crippen LogP contribution is -2.28. The molecule has 0 radical (unpaired) electrons. The molecule has 2 rings (SSSR count). The van der Waals surface area contributed by atoms with Crippen molar-refractivity contribution in [2.45, 2.75) is 18.9 Å². The Bertz CT molecular complexity index is 413. The number of benzene rings is 1. The van der Waals surface area contributed by atoms with Crippen LogP contribution in [0.1, 0.15) is 23.2 Å². The number of rotatable bonds is 3. The number of halogens is 1. The number of hydrogen-bond acceptors (Lipinski definition) is 3. The molecule has 0 amide bonds. The minimum Gasteiger partial charge on any atom is -0.487 e. The van der Waals surface area contributed by atoms with E-state index in [0.717, 1.165) is 19.4 Å². The first-order chi connectivity index (χ1) is 8.18. The molecule has 1 heterocycles. The minimum atomic E-state index is -1.08. The zero-order valence-electron chi connectivity index (χ0n) is 9.19. The van der Waals surface area contributed by atoms with Gasteiger partial charge in [0.25, 0.3) is 0 Å². The maximum absolute atomic E-state index is 11.1. The molecular weight excluding hydrogens is 244 g/mol. The van der Waals surface area contributed by atoms with Crippen LogP contribution in [0.2, 0.25) is 5.02 Å². The fourth-order valence-corrected chi connectivity index (χ4v) is 2.04. The molecule has 92 valence electrons. The van der Waals surface area contributed by atoms with Crippen molar-refractivity contribution >= 4 is 17.6 Å². The molecule has 0 aromatic heterocycles. The van der Waals surface area contributed by atoms with Crippen molar-refractivity contribution in [3.8, 4) is 5.75 Å². The summed E-state index contributed by atoms with van der Waals surface area (Å²) in [6.07, 6.45) is 1.69. The van der Waals surface area contributed by atoms with Crippen molar-refractivity contribution in [3.05, 3.63) is 28.8 Å². The quantitative estimate of drug-likeness (QED) is 0.903. The van der Waals surface area contributed by atoms with Crippen molar-refractivity contribution in [1.29, 1.82) is 0 Å². The van der Waals surface area contributed by atoms with Crippen LogP contribution in [0.25, 0.3) is 0 Å². The average Bonchev–Trinajstić information content (AvgIpc) is 2.30. The minimum absolute atomic E-state index is 0.0136. The van der Waals surface area contributed by atoms with Crippen molar-refractivity contribution in [1.82, 2.24) is 0 Å². The van der Waals surface area contributed by atoms with E-state index in [9.17, 15) is 4.79 Å². The summed E-state index contributed by atoms with van der Waals surface area (Å²) in [4.78, 5) is 11.1. The predicted molar refractivity (Wildman–Crippen MR) is 62.9 cm³/mol. The van der Waals surface area contributed by atoms with E-state index in [2.05, 4.69) is 0 Å². The topological polar surface area (TPSA) is 55.8 Å². The smallest absolute Gasteiger partial charge is 0.341 e. The summed E-state index contributed by atoms with van der Waals surface area (Å²) in [5.74, 6) is -0.775. The third-order valence-corrected chi connectivity index (χ3v) is 2.92. The van der Waals surface area contributed by atoms with Gasteiger partial charge in [-0.3, -0.25) is 0 Å². The van der Waals surface area contributed by atoms with E-state index >= 15 is 0 Å². The molecule has 17 heavy (non-hydrogen) atoms. The largest absolute Gasteiger partial charge is 0.487 e. The molecule has 1 aromatic rings. The number of ether oxygens (including phenoxy) is 2. The SMILES string of the molecule is O=C(O)c1c(Cl)cccc1OC1CCCOC1. The molecule has 1 aromatic carbocycles. The fraction of sp³-hybridized carbons (Fsp3) is 0.417. The van der Waals surface area contributed by atoms with Crippen LogP contribution in [0.4, 0.5) is 0 Å². The highest BCUT2D eigenvalue weighted by molar-refractivity contribution is 6.33.